The summed E-state index contributed by atoms with van der Waals surface area (Å²) in [5.74, 6) is 0.531. The van der Waals surface area contributed by atoms with Gasteiger partial charge in [0.25, 0.3) is 0 Å². The lowest BCUT2D eigenvalue weighted by Crippen LogP contribution is -2.40. The zero-order valence-corrected chi connectivity index (χ0v) is 15.5. The number of rotatable bonds is 3. The third kappa shape index (κ3) is 2.79. The highest BCUT2D eigenvalue weighted by Crippen LogP contribution is 2.34. The molecule has 4 heterocycles. The molecule has 1 fully saturated rings. The van der Waals surface area contributed by atoms with E-state index in [1.54, 1.807) is 0 Å². The van der Waals surface area contributed by atoms with Gasteiger partial charge >= 0.3 is 0 Å². The Bertz CT molecular complexity index is 913. The Morgan fingerprint density at radius 1 is 1.31 bits per heavy atom. The van der Waals surface area contributed by atoms with Crippen LogP contribution in [0.4, 0.5) is 0 Å². The molecule has 0 spiro atoms. The largest absolute Gasteiger partial charge is 0.346 e. The van der Waals surface area contributed by atoms with Crippen LogP contribution in [0.3, 0.4) is 0 Å². The summed E-state index contributed by atoms with van der Waals surface area (Å²) < 4.78 is 0. The van der Waals surface area contributed by atoms with E-state index in [1.807, 2.05) is 37.9 Å². The summed E-state index contributed by atoms with van der Waals surface area (Å²) >= 11 is 0. The van der Waals surface area contributed by atoms with Gasteiger partial charge in [-0.15, -0.1) is 0 Å². The first-order valence-corrected chi connectivity index (χ1v) is 9.28. The summed E-state index contributed by atoms with van der Waals surface area (Å²) in [7, 11) is 0. The number of fused-ring (bicyclic) bond motifs is 1. The van der Waals surface area contributed by atoms with Crippen LogP contribution in [0.15, 0.2) is 24.5 Å². The van der Waals surface area contributed by atoms with Gasteiger partial charge < -0.3 is 9.88 Å². The molecular formula is C20H25N5O. The fourth-order valence-electron chi connectivity index (χ4n) is 4.32. The standard InChI is InChI=1S/C20H25N5O/c1-12(18-13(2)23-24-14(18)3)20(26)25-9-6-15(7-10-25)17-11-22-19-16(17)5-4-8-21-19/h4-5,8,11-12,15H,6-7,9-10H2,1-3H3,(H,21,22)(H,23,24). The van der Waals surface area contributed by atoms with Crippen molar-refractivity contribution in [1.29, 1.82) is 0 Å². The van der Waals surface area contributed by atoms with Crippen LogP contribution in [-0.4, -0.2) is 44.1 Å². The van der Waals surface area contributed by atoms with E-state index in [1.165, 1.54) is 10.9 Å². The smallest absolute Gasteiger partial charge is 0.229 e. The maximum Gasteiger partial charge on any atom is 0.229 e. The number of likely N-dealkylation sites (tertiary alicyclic amines) is 1. The van der Waals surface area contributed by atoms with Crippen molar-refractivity contribution in [3.05, 3.63) is 47.0 Å². The number of aromatic nitrogens is 4. The summed E-state index contributed by atoms with van der Waals surface area (Å²) in [6.07, 6.45) is 5.87. The van der Waals surface area contributed by atoms with Gasteiger partial charge in [-0.2, -0.15) is 5.10 Å². The second-order valence-electron chi connectivity index (χ2n) is 7.31. The normalized spacial score (nSPS) is 17.0. The number of hydrogen-bond acceptors (Lipinski definition) is 3. The highest BCUT2D eigenvalue weighted by Gasteiger charge is 2.30. The predicted octanol–water partition coefficient (Wildman–Crippen LogP) is 3.41. The van der Waals surface area contributed by atoms with E-state index in [2.05, 4.69) is 32.4 Å². The Morgan fingerprint density at radius 2 is 2.08 bits per heavy atom. The average molecular weight is 351 g/mol. The van der Waals surface area contributed by atoms with Crippen molar-refractivity contribution in [1.82, 2.24) is 25.1 Å². The number of pyridine rings is 1. The van der Waals surface area contributed by atoms with E-state index in [-0.39, 0.29) is 11.8 Å². The highest BCUT2D eigenvalue weighted by molar-refractivity contribution is 5.84. The maximum atomic E-state index is 13.0. The fourth-order valence-corrected chi connectivity index (χ4v) is 4.32. The molecule has 1 unspecified atom stereocenters. The van der Waals surface area contributed by atoms with Crippen molar-refractivity contribution in [2.75, 3.05) is 13.1 Å². The van der Waals surface area contributed by atoms with Gasteiger partial charge in [-0.3, -0.25) is 9.89 Å². The molecule has 2 N–H and O–H groups in total. The molecule has 1 saturated heterocycles. The second kappa shape index (κ2) is 6.59. The molecule has 6 nitrogen and oxygen atoms in total. The number of amides is 1. The van der Waals surface area contributed by atoms with Gasteiger partial charge in [0.1, 0.15) is 5.65 Å². The Morgan fingerprint density at radius 3 is 2.77 bits per heavy atom. The Labute approximate surface area is 153 Å². The number of nitrogens with one attached hydrogen (secondary N) is 2. The SMILES string of the molecule is Cc1n[nH]c(C)c1C(C)C(=O)N1CCC(c2c[nH]c3ncccc23)CC1. The molecule has 1 aliphatic rings. The lowest BCUT2D eigenvalue weighted by atomic mass is 9.88. The molecule has 136 valence electrons. The van der Waals surface area contributed by atoms with Gasteiger partial charge in [0, 0.05) is 42.1 Å². The Hall–Kier alpha value is -2.63. The minimum atomic E-state index is -0.150. The van der Waals surface area contributed by atoms with Crippen molar-refractivity contribution < 1.29 is 4.79 Å². The number of carbonyl (C=O) groups is 1. The zero-order valence-electron chi connectivity index (χ0n) is 15.5. The molecule has 6 heteroatoms. The van der Waals surface area contributed by atoms with Crippen LogP contribution in [0.2, 0.25) is 0 Å². The first-order valence-electron chi connectivity index (χ1n) is 9.28. The molecule has 0 bridgehead atoms. The van der Waals surface area contributed by atoms with Crippen LogP contribution in [0, 0.1) is 13.8 Å². The van der Waals surface area contributed by atoms with Gasteiger partial charge in [-0.25, -0.2) is 4.98 Å². The second-order valence-corrected chi connectivity index (χ2v) is 7.31. The topological polar surface area (TPSA) is 77.7 Å². The van der Waals surface area contributed by atoms with E-state index >= 15 is 0 Å². The molecule has 4 rings (SSSR count). The molecule has 1 aliphatic heterocycles. The minimum Gasteiger partial charge on any atom is -0.346 e. The molecular weight excluding hydrogens is 326 g/mol. The molecule has 26 heavy (non-hydrogen) atoms. The molecule has 1 atom stereocenters. The third-order valence-electron chi connectivity index (χ3n) is 5.72. The molecule has 0 aromatic carbocycles. The summed E-state index contributed by atoms with van der Waals surface area (Å²) in [5, 5.41) is 8.43. The Kier molecular flexibility index (Phi) is 4.26. The van der Waals surface area contributed by atoms with E-state index < -0.39 is 0 Å². The molecule has 0 aliphatic carbocycles. The molecule has 1 amide bonds. The minimum absolute atomic E-state index is 0.150. The van der Waals surface area contributed by atoms with Crippen LogP contribution in [0.25, 0.3) is 11.0 Å². The number of H-pyrrole nitrogens is 2. The highest BCUT2D eigenvalue weighted by atomic mass is 16.2. The van der Waals surface area contributed by atoms with Crippen LogP contribution in [-0.2, 0) is 4.79 Å². The van der Waals surface area contributed by atoms with Crippen molar-refractivity contribution in [3.8, 4) is 0 Å². The van der Waals surface area contributed by atoms with Crippen molar-refractivity contribution in [3.63, 3.8) is 0 Å². The number of piperidine rings is 1. The van der Waals surface area contributed by atoms with Gasteiger partial charge in [0.15, 0.2) is 0 Å². The first kappa shape index (κ1) is 16.8. The molecule has 0 saturated carbocycles. The van der Waals surface area contributed by atoms with E-state index in [9.17, 15) is 4.79 Å². The maximum absolute atomic E-state index is 13.0. The number of hydrogen-bond donors (Lipinski definition) is 2. The number of aryl methyl sites for hydroxylation is 2. The van der Waals surface area contributed by atoms with Crippen LogP contribution in [0.1, 0.15) is 54.1 Å². The average Bonchev–Trinajstić information content (AvgIpc) is 3.24. The summed E-state index contributed by atoms with van der Waals surface area (Å²) in [5.41, 5.74) is 5.23. The zero-order chi connectivity index (χ0) is 18.3. The summed E-state index contributed by atoms with van der Waals surface area (Å²) in [6.45, 7) is 7.54. The van der Waals surface area contributed by atoms with Crippen molar-refractivity contribution >= 4 is 16.9 Å². The summed E-state index contributed by atoms with van der Waals surface area (Å²) in [6, 6.07) is 4.10. The number of carbonyl (C=O) groups excluding carboxylic acids is 1. The van der Waals surface area contributed by atoms with Gasteiger partial charge in [-0.05, 0) is 57.2 Å². The quantitative estimate of drug-likeness (QED) is 0.759. The summed E-state index contributed by atoms with van der Waals surface area (Å²) in [4.78, 5) is 22.6. The number of nitrogens with zero attached hydrogens (tertiary/aromatic N) is 3. The molecule has 3 aromatic heterocycles. The lowest BCUT2D eigenvalue weighted by Gasteiger charge is -2.33. The van der Waals surface area contributed by atoms with Crippen LogP contribution < -0.4 is 0 Å². The van der Waals surface area contributed by atoms with Gasteiger partial charge in [0.05, 0.1) is 11.6 Å². The van der Waals surface area contributed by atoms with Crippen LogP contribution in [0.5, 0.6) is 0 Å². The molecule has 0 radical (unpaired) electrons. The third-order valence-corrected chi connectivity index (χ3v) is 5.72. The van der Waals surface area contributed by atoms with Crippen molar-refractivity contribution in [2.45, 2.75) is 45.4 Å². The lowest BCUT2D eigenvalue weighted by molar-refractivity contribution is -0.133. The number of aromatic amines is 2. The Balaban J connectivity index is 1.46. The van der Waals surface area contributed by atoms with Gasteiger partial charge in [0.2, 0.25) is 5.91 Å². The van der Waals surface area contributed by atoms with E-state index in [0.29, 0.717) is 5.92 Å². The monoisotopic (exact) mass is 351 g/mol. The first-order chi connectivity index (χ1) is 12.6. The van der Waals surface area contributed by atoms with Crippen LogP contribution >= 0.6 is 0 Å². The van der Waals surface area contributed by atoms with Crippen molar-refractivity contribution in [2.24, 2.45) is 0 Å². The predicted molar refractivity (Wildman–Crippen MR) is 101 cm³/mol. The fraction of sp³-hybridized carbons (Fsp3) is 0.450. The molecule has 3 aromatic rings. The van der Waals surface area contributed by atoms with Gasteiger partial charge in [-0.1, -0.05) is 0 Å². The van der Waals surface area contributed by atoms with E-state index in [0.717, 1.165) is 48.5 Å². The van der Waals surface area contributed by atoms with E-state index in [4.69, 9.17) is 0 Å².